The van der Waals surface area contributed by atoms with Crippen molar-refractivity contribution in [2.45, 2.75) is 44.4 Å². The van der Waals surface area contributed by atoms with Crippen LogP contribution < -0.4 is 0 Å². The first-order valence-corrected chi connectivity index (χ1v) is 9.31. The second kappa shape index (κ2) is 7.63. The van der Waals surface area contributed by atoms with E-state index in [-0.39, 0.29) is 24.8 Å². The van der Waals surface area contributed by atoms with Crippen LogP contribution in [0.15, 0.2) is 54.7 Å². The van der Waals surface area contributed by atoms with Gasteiger partial charge in [-0.2, -0.15) is 5.26 Å². The number of pyridine rings is 1. The van der Waals surface area contributed by atoms with E-state index in [1.165, 1.54) is 0 Å². The number of piperidine rings is 1. The summed E-state index contributed by atoms with van der Waals surface area (Å²) < 4.78 is 5.58. The monoisotopic (exact) mass is 359 g/mol. The van der Waals surface area contributed by atoms with Crippen LogP contribution in [0.1, 0.15) is 42.5 Å². The molecule has 2 aliphatic heterocycles. The number of amides is 1. The highest BCUT2D eigenvalue weighted by atomic mass is 16.6. The average Bonchev–Trinajstić information content (AvgIpc) is 2.72. The van der Waals surface area contributed by atoms with Gasteiger partial charge in [-0.05, 0) is 49.0 Å². The molecule has 4 rings (SSSR count). The predicted molar refractivity (Wildman–Crippen MR) is 101 cm³/mol. The van der Waals surface area contributed by atoms with Crippen molar-refractivity contribution in [2.75, 3.05) is 0 Å². The minimum atomic E-state index is -0.248. The lowest BCUT2D eigenvalue weighted by Crippen LogP contribution is -2.51. The second-order valence-corrected chi connectivity index (χ2v) is 7.04. The molecule has 3 heterocycles. The highest BCUT2D eigenvalue weighted by Gasteiger charge is 2.38. The number of aromatic nitrogens is 1. The molecule has 0 aliphatic carbocycles. The molecule has 2 unspecified atom stereocenters. The molecule has 0 radical (unpaired) electrons. The number of benzene rings is 1. The van der Waals surface area contributed by atoms with Crippen LogP contribution in [0.4, 0.5) is 4.79 Å². The Kier molecular flexibility index (Phi) is 4.88. The summed E-state index contributed by atoms with van der Waals surface area (Å²) in [7, 11) is 0. The summed E-state index contributed by atoms with van der Waals surface area (Å²) in [4.78, 5) is 19.1. The lowest BCUT2D eigenvalue weighted by Gasteiger charge is -2.44. The van der Waals surface area contributed by atoms with Crippen molar-refractivity contribution in [3.8, 4) is 6.07 Å². The van der Waals surface area contributed by atoms with Gasteiger partial charge in [0, 0.05) is 12.2 Å². The van der Waals surface area contributed by atoms with Gasteiger partial charge in [-0.1, -0.05) is 36.4 Å². The fraction of sp³-hybridized carbons (Fsp3) is 0.318. The van der Waals surface area contributed by atoms with Crippen LogP contribution in [-0.4, -0.2) is 28.1 Å². The maximum atomic E-state index is 12.7. The van der Waals surface area contributed by atoms with Gasteiger partial charge < -0.3 is 4.74 Å². The SMILES string of the molecule is N#Cc1ccnc(C2=CC3CCCC(C2)N3C(=O)OCc2ccccc2)c1. The number of fused-ring (bicyclic) bond motifs is 2. The Morgan fingerprint density at radius 1 is 1.26 bits per heavy atom. The van der Waals surface area contributed by atoms with Crippen LogP contribution in [0.25, 0.3) is 5.57 Å². The predicted octanol–water partition coefficient (Wildman–Crippen LogP) is 4.30. The van der Waals surface area contributed by atoms with Crippen molar-refractivity contribution in [3.63, 3.8) is 0 Å². The molecule has 0 N–H and O–H groups in total. The fourth-order valence-electron chi connectivity index (χ4n) is 3.97. The first-order valence-electron chi connectivity index (χ1n) is 9.31. The molecule has 27 heavy (non-hydrogen) atoms. The summed E-state index contributed by atoms with van der Waals surface area (Å²) >= 11 is 0. The van der Waals surface area contributed by atoms with Crippen LogP contribution in [0, 0.1) is 11.3 Å². The Hall–Kier alpha value is -3.13. The number of nitriles is 1. The Bertz CT molecular complexity index is 901. The van der Waals surface area contributed by atoms with E-state index in [2.05, 4.69) is 17.1 Å². The van der Waals surface area contributed by atoms with Gasteiger partial charge in [-0.3, -0.25) is 9.88 Å². The van der Waals surface area contributed by atoms with Gasteiger partial charge in [-0.25, -0.2) is 4.79 Å². The van der Waals surface area contributed by atoms with Crippen LogP contribution in [0.5, 0.6) is 0 Å². The molecule has 1 aromatic carbocycles. The van der Waals surface area contributed by atoms with Gasteiger partial charge in [0.2, 0.25) is 0 Å². The lowest BCUT2D eigenvalue weighted by atomic mass is 9.84. The molecule has 2 atom stereocenters. The molecule has 136 valence electrons. The topological polar surface area (TPSA) is 66.2 Å². The zero-order chi connectivity index (χ0) is 18.6. The highest BCUT2D eigenvalue weighted by Crippen LogP contribution is 2.37. The number of hydrogen-bond acceptors (Lipinski definition) is 4. The molecule has 2 aromatic rings. The zero-order valence-corrected chi connectivity index (χ0v) is 15.0. The van der Waals surface area contributed by atoms with Gasteiger partial charge in [-0.15, -0.1) is 0 Å². The summed E-state index contributed by atoms with van der Waals surface area (Å²) in [5, 5.41) is 9.12. The van der Waals surface area contributed by atoms with E-state index >= 15 is 0 Å². The first kappa shape index (κ1) is 17.3. The van der Waals surface area contributed by atoms with Crippen molar-refractivity contribution >= 4 is 11.7 Å². The molecular formula is C22H21N3O2. The number of ether oxygens (including phenoxy) is 1. The normalized spacial score (nSPS) is 21.1. The molecule has 1 amide bonds. The van der Waals surface area contributed by atoms with E-state index in [1.54, 1.807) is 12.3 Å². The Morgan fingerprint density at radius 3 is 2.89 bits per heavy atom. The quantitative estimate of drug-likeness (QED) is 0.819. The van der Waals surface area contributed by atoms with Crippen LogP contribution in [0.3, 0.4) is 0 Å². The third-order valence-corrected chi connectivity index (χ3v) is 5.27. The Labute approximate surface area is 158 Å². The molecule has 0 spiro atoms. The molecule has 1 aromatic heterocycles. The molecule has 1 fully saturated rings. The molecule has 1 saturated heterocycles. The van der Waals surface area contributed by atoms with Gasteiger partial charge in [0.05, 0.1) is 23.4 Å². The summed E-state index contributed by atoms with van der Waals surface area (Å²) in [5.41, 5.74) is 3.55. The van der Waals surface area contributed by atoms with Crippen molar-refractivity contribution in [3.05, 3.63) is 71.6 Å². The lowest BCUT2D eigenvalue weighted by molar-refractivity contribution is 0.0510. The van der Waals surface area contributed by atoms with Gasteiger partial charge in [0.25, 0.3) is 0 Å². The molecular weight excluding hydrogens is 338 g/mol. The summed E-state index contributed by atoms with van der Waals surface area (Å²) in [6.07, 6.45) is 7.30. The summed E-state index contributed by atoms with van der Waals surface area (Å²) in [5.74, 6) is 0. The van der Waals surface area contributed by atoms with E-state index in [9.17, 15) is 4.79 Å². The smallest absolute Gasteiger partial charge is 0.410 e. The van der Waals surface area contributed by atoms with Gasteiger partial charge in [0.15, 0.2) is 0 Å². The molecule has 5 heteroatoms. The van der Waals surface area contributed by atoms with Crippen molar-refractivity contribution in [1.29, 1.82) is 5.26 Å². The van der Waals surface area contributed by atoms with Crippen molar-refractivity contribution in [2.24, 2.45) is 0 Å². The number of rotatable bonds is 3. The van der Waals surface area contributed by atoms with Gasteiger partial charge in [0.1, 0.15) is 6.61 Å². The summed E-state index contributed by atoms with van der Waals surface area (Å²) in [6, 6.07) is 15.6. The fourth-order valence-corrected chi connectivity index (χ4v) is 3.97. The second-order valence-electron chi connectivity index (χ2n) is 7.04. The van der Waals surface area contributed by atoms with Crippen molar-refractivity contribution in [1.82, 2.24) is 9.88 Å². The standard InChI is InChI=1S/C22H21N3O2/c23-14-17-9-10-24-21(11-17)18-12-19-7-4-8-20(13-18)25(19)22(26)27-15-16-5-2-1-3-6-16/h1-3,5-6,9-12,19-20H,4,7-8,13,15H2. The summed E-state index contributed by atoms with van der Waals surface area (Å²) in [6.45, 7) is 0.290. The molecule has 5 nitrogen and oxygen atoms in total. The van der Waals surface area contributed by atoms with E-state index in [1.807, 2.05) is 41.3 Å². The number of hydrogen-bond donors (Lipinski definition) is 0. The Balaban J connectivity index is 1.51. The van der Waals surface area contributed by atoms with Crippen molar-refractivity contribution < 1.29 is 9.53 Å². The Morgan fingerprint density at radius 2 is 2.11 bits per heavy atom. The van der Waals surface area contributed by atoms with Crippen LogP contribution in [0.2, 0.25) is 0 Å². The maximum absolute atomic E-state index is 12.7. The number of nitrogens with zero attached hydrogens (tertiary/aromatic N) is 3. The largest absolute Gasteiger partial charge is 0.445 e. The zero-order valence-electron chi connectivity index (χ0n) is 15.0. The number of carbonyl (C=O) groups is 1. The van der Waals surface area contributed by atoms with Gasteiger partial charge >= 0.3 is 6.09 Å². The number of carbonyl (C=O) groups excluding carboxylic acids is 1. The molecule has 0 saturated carbocycles. The van der Waals surface area contributed by atoms with E-state index in [0.717, 1.165) is 42.5 Å². The maximum Gasteiger partial charge on any atom is 0.410 e. The van der Waals surface area contributed by atoms with Crippen LogP contribution in [-0.2, 0) is 11.3 Å². The minimum Gasteiger partial charge on any atom is -0.445 e. The first-order chi connectivity index (χ1) is 13.2. The van der Waals surface area contributed by atoms with E-state index in [4.69, 9.17) is 10.00 Å². The van der Waals surface area contributed by atoms with E-state index in [0.29, 0.717) is 5.56 Å². The third kappa shape index (κ3) is 3.70. The highest BCUT2D eigenvalue weighted by molar-refractivity contribution is 5.73. The van der Waals surface area contributed by atoms with E-state index < -0.39 is 0 Å². The molecule has 2 bridgehead atoms. The van der Waals surface area contributed by atoms with Crippen LogP contribution >= 0.6 is 0 Å². The molecule has 2 aliphatic rings. The minimum absolute atomic E-state index is 0.0308. The third-order valence-electron chi connectivity index (χ3n) is 5.27. The average molecular weight is 359 g/mol.